The minimum Gasteiger partial charge on any atom is -0.497 e. The van der Waals surface area contributed by atoms with E-state index in [0.29, 0.717) is 4.75 Å². The Hall–Kier alpha value is -0.870. The van der Waals surface area contributed by atoms with Crippen molar-refractivity contribution in [2.45, 2.75) is 31.1 Å². The van der Waals surface area contributed by atoms with E-state index in [2.05, 4.69) is 30.1 Å². The second-order valence-corrected chi connectivity index (χ2v) is 6.87. The summed E-state index contributed by atoms with van der Waals surface area (Å²) in [5.74, 6) is 3.01. The molecule has 1 unspecified atom stereocenters. The van der Waals surface area contributed by atoms with Crippen molar-refractivity contribution in [1.82, 2.24) is 5.32 Å². The van der Waals surface area contributed by atoms with Gasteiger partial charge in [0.15, 0.2) is 0 Å². The van der Waals surface area contributed by atoms with Crippen LogP contribution in [-0.4, -0.2) is 31.3 Å². The molecule has 0 radical (unpaired) electrons. The maximum absolute atomic E-state index is 5.41. The monoisotopic (exact) mass is 281 g/mol. The molecule has 0 spiro atoms. The fourth-order valence-corrected chi connectivity index (χ4v) is 3.71. The molecule has 0 aliphatic carbocycles. The Morgan fingerprint density at radius 3 is 2.79 bits per heavy atom. The molecule has 0 aromatic heterocycles. The van der Waals surface area contributed by atoms with Crippen molar-refractivity contribution >= 4 is 11.8 Å². The zero-order valence-corrected chi connectivity index (χ0v) is 12.8. The molecule has 1 fully saturated rings. The molecule has 1 aromatic rings. The molecule has 1 N–H and O–H groups in total. The van der Waals surface area contributed by atoms with Crippen LogP contribution < -0.4 is 14.8 Å². The summed E-state index contributed by atoms with van der Waals surface area (Å²) < 4.78 is 11.0. The van der Waals surface area contributed by atoms with Crippen molar-refractivity contribution in [2.24, 2.45) is 0 Å². The number of hydrogen-bond donors (Lipinski definition) is 1. The molecule has 1 aliphatic heterocycles. The Kier molecular flexibility index (Phi) is 4.99. The van der Waals surface area contributed by atoms with Gasteiger partial charge in [-0.25, -0.2) is 0 Å². The highest BCUT2D eigenvalue weighted by Gasteiger charge is 2.28. The van der Waals surface area contributed by atoms with Crippen LogP contribution in [-0.2, 0) is 6.54 Å². The van der Waals surface area contributed by atoms with Crippen molar-refractivity contribution in [3.63, 3.8) is 0 Å². The van der Waals surface area contributed by atoms with Crippen molar-refractivity contribution in [1.29, 1.82) is 0 Å². The molecule has 1 aliphatic rings. The second kappa shape index (κ2) is 6.53. The van der Waals surface area contributed by atoms with Crippen LogP contribution in [0.3, 0.4) is 0 Å². The summed E-state index contributed by atoms with van der Waals surface area (Å²) in [6.07, 6.45) is 2.65. The average molecular weight is 281 g/mol. The molecule has 2 rings (SSSR count). The number of thioether (sulfide) groups is 1. The van der Waals surface area contributed by atoms with E-state index in [9.17, 15) is 0 Å². The average Bonchev–Trinajstić information content (AvgIpc) is 2.86. The van der Waals surface area contributed by atoms with E-state index < -0.39 is 0 Å². The third-order valence-corrected chi connectivity index (χ3v) is 5.15. The number of ether oxygens (including phenoxy) is 2. The molecular weight excluding hydrogens is 258 g/mol. The lowest BCUT2D eigenvalue weighted by Crippen LogP contribution is -2.32. The number of rotatable bonds is 6. The molecule has 1 aromatic carbocycles. The maximum atomic E-state index is 5.41. The Morgan fingerprint density at radius 1 is 1.32 bits per heavy atom. The fourth-order valence-electron chi connectivity index (χ4n) is 2.44. The molecule has 1 saturated heterocycles. The van der Waals surface area contributed by atoms with Gasteiger partial charge in [-0.05, 0) is 31.6 Å². The summed E-state index contributed by atoms with van der Waals surface area (Å²) in [6, 6.07) is 5.98. The first-order chi connectivity index (χ1) is 9.17. The van der Waals surface area contributed by atoms with Crippen LogP contribution in [0, 0.1) is 0 Å². The van der Waals surface area contributed by atoms with Crippen LogP contribution in [0.5, 0.6) is 11.5 Å². The van der Waals surface area contributed by atoms with E-state index in [4.69, 9.17) is 9.47 Å². The predicted molar refractivity (Wildman–Crippen MR) is 81.3 cm³/mol. The summed E-state index contributed by atoms with van der Waals surface area (Å²) >= 11 is 2.08. The summed E-state index contributed by atoms with van der Waals surface area (Å²) in [4.78, 5) is 0. The summed E-state index contributed by atoms with van der Waals surface area (Å²) in [6.45, 7) is 4.24. The van der Waals surface area contributed by atoms with Gasteiger partial charge in [-0.2, -0.15) is 11.8 Å². The van der Waals surface area contributed by atoms with E-state index in [1.807, 2.05) is 12.1 Å². The third-order valence-electron chi connectivity index (χ3n) is 3.61. The highest BCUT2D eigenvalue weighted by atomic mass is 32.2. The normalized spacial score (nSPS) is 22.5. The second-order valence-electron chi connectivity index (χ2n) is 5.18. The van der Waals surface area contributed by atoms with Crippen molar-refractivity contribution in [2.75, 3.05) is 26.5 Å². The standard InChI is InChI=1S/C15H23NO2S/c1-15(7-4-8-19-15)11-16-10-12-5-6-13(17-2)9-14(12)18-3/h5-6,9,16H,4,7-8,10-11H2,1-3H3. The SMILES string of the molecule is COc1ccc(CNCC2(C)CCCS2)c(OC)c1. The first-order valence-electron chi connectivity index (χ1n) is 6.72. The van der Waals surface area contributed by atoms with Crippen LogP contribution in [0.15, 0.2) is 18.2 Å². The number of benzene rings is 1. The van der Waals surface area contributed by atoms with Crippen LogP contribution in [0.2, 0.25) is 0 Å². The van der Waals surface area contributed by atoms with Crippen molar-refractivity contribution in [3.05, 3.63) is 23.8 Å². The lowest BCUT2D eigenvalue weighted by atomic mass is 10.1. The highest BCUT2D eigenvalue weighted by molar-refractivity contribution is 8.00. The van der Waals surface area contributed by atoms with Gasteiger partial charge in [0.1, 0.15) is 11.5 Å². The van der Waals surface area contributed by atoms with Crippen LogP contribution >= 0.6 is 11.8 Å². The van der Waals surface area contributed by atoms with Gasteiger partial charge in [0.05, 0.1) is 14.2 Å². The molecule has 1 heterocycles. The van der Waals surface area contributed by atoms with Crippen LogP contribution in [0.4, 0.5) is 0 Å². The molecule has 0 saturated carbocycles. The zero-order chi connectivity index (χ0) is 13.7. The molecule has 0 amide bonds. The molecule has 0 bridgehead atoms. The Bertz CT molecular complexity index is 417. The van der Waals surface area contributed by atoms with E-state index in [-0.39, 0.29) is 0 Å². The number of methoxy groups -OCH3 is 2. The topological polar surface area (TPSA) is 30.5 Å². The van der Waals surface area contributed by atoms with Gasteiger partial charge in [-0.15, -0.1) is 0 Å². The Morgan fingerprint density at radius 2 is 2.16 bits per heavy atom. The van der Waals surface area contributed by atoms with E-state index in [1.165, 1.54) is 24.2 Å². The Balaban J connectivity index is 1.91. The summed E-state index contributed by atoms with van der Waals surface area (Å²) in [5, 5.41) is 3.55. The minimum atomic E-state index is 0.402. The van der Waals surface area contributed by atoms with Gasteiger partial charge in [0, 0.05) is 29.5 Å². The molecule has 19 heavy (non-hydrogen) atoms. The largest absolute Gasteiger partial charge is 0.497 e. The minimum absolute atomic E-state index is 0.402. The van der Waals surface area contributed by atoms with Gasteiger partial charge >= 0.3 is 0 Å². The van der Waals surface area contributed by atoms with Gasteiger partial charge in [-0.1, -0.05) is 6.07 Å². The molecule has 4 heteroatoms. The van der Waals surface area contributed by atoms with Gasteiger partial charge in [-0.3, -0.25) is 0 Å². The van der Waals surface area contributed by atoms with Crippen molar-refractivity contribution in [3.8, 4) is 11.5 Å². The molecule has 1 atom stereocenters. The summed E-state index contributed by atoms with van der Waals surface area (Å²) in [5.41, 5.74) is 1.18. The molecular formula is C15H23NO2S. The lowest BCUT2D eigenvalue weighted by molar-refractivity contribution is 0.389. The van der Waals surface area contributed by atoms with Gasteiger partial charge in [0.25, 0.3) is 0 Å². The fraction of sp³-hybridized carbons (Fsp3) is 0.600. The predicted octanol–water partition coefficient (Wildman–Crippen LogP) is 3.08. The van der Waals surface area contributed by atoms with Crippen LogP contribution in [0.1, 0.15) is 25.3 Å². The van der Waals surface area contributed by atoms with Gasteiger partial charge < -0.3 is 14.8 Å². The number of nitrogens with one attached hydrogen (secondary N) is 1. The lowest BCUT2D eigenvalue weighted by Gasteiger charge is -2.23. The Labute approximate surface area is 120 Å². The summed E-state index contributed by atoms with van der Waals surface area (Å²) in [7, 11) is 3.37. The highest BCUT2D eigenvalue weighted by Crippen LogP contribution is 2.37. The van der Waals surface area contributed by atoms with Gasteiger partial charge in [0.2, 0.25) is 0 Å². The first kappa shape index (κ1) is 14.5. The van der Waals surface area contributed by atoms with Crippen LogP contribution in [0.25, 0.3) is 0 Å². The van der Waals surface area contributed by atoms with E-state index in [0.717, 1.165) is 24.6 Å². The van der Waals surface area contributed by atoms with E-state index >= 15 is 0 Å². The zero-order valence-electron chi connectivity index (χ0n) is 12.0. The smallest absolute Gasteiger partial charge is 0.127 e. The molecule has 106 valence electrons. The molecule has 3 nitrogen and oxygen atoms in total. The maximum Gasteiger partial charge on any atom is 0.127 e. The third kappa shape index (κ3) is 3.80. The van der Waals surface area contributed by atoms with E-state index in [1.54, 1.807) is 14.2 Å². The number of hydrogen-bond acceptors (Lipinski definition) is 4. The quantitative estimate of drug-likeness (QED) is 0.868. The first-order valence-corrected chi connectivity index (χ1v) is 7.71. The van der Waals surface area contributed by atoms with Crippen molar-refractivity contribution < 1.29 is 9.47 Å².